The topological polar surface area (TPSA) is 76.1 Å². The third-order valence-corrected chi connectivity index (χ3v) is 8.07. The summed E-state index contributed by atoms with van der Waals surface area (Å²) in [6, 6.07) is 15.3. The Balaban J connectivity index is 1.35. The van der Waals surface area contributed by atoms with Crippen molar-refractivity contribution in [2.24, 2.45) is 0 Å². The summed E-state index contributed by atoms with van der Waals surface area (Å²) >= 11 is 4.50. The highest BCUT2D eigenvalue weighted by Gasteiger charge is 2.23. The van der Waals surface area contributed by atoms with Crippen LogP contribution >= 0.6 is 34.4 Å². The molecule has 0 spiro atoms. The molecule has 1 saturated heterocycles. The molecular weight excluding hydrogens is 472 g/mol. The minimum absolute atomic E-state index is 0.0112. The second-order valence-electron chi connectivity index (χ2n) is 7.57. The van der Waals surface area contributed by atoms with Gasteiger partial charge in [-0.2, -0.15) is 0 Å². The van der Waals surface area contributed by atoms with Gasteiger partial charge < -0.3 is 4.90 Å². The van der Waals surface area contributed by atoms with Gasteiger partial charge in [0, 0.05) is 24.2 Å². The molecule has 5 rings (SSSR count). The van der Waals surface area contributed by atoms with Crippen molar-refractivity contribution in [1.82, 2.24) is 15.2 Å². The Morgan fingerprint density at radius 1 is 1.00 bits per heavy atom. The zero-order valence-corrected chi connectivity index (χ0v) is 20.3. The summed E-state index contributed by atoms with van der Waals surface area (Å²) in [5, 5.41) is 12.9. The number of ketones is 1. The van der Waals surface area contributed by atoms with Crippen LogP contribution < -0.4 is 4.90 Å². The lowest BCUT2D eigenvalue weighted by Crippen LogP contribution is -2.23. The number of hydrogen-bond acceptors (Lipinski definition) is 8. The van der Waals surface area contributed by atoms with E-state index in [1.165, 1.54) is 11.8 Å². The second-order valence-corrected chi connectivity index (χ2v) is 10.8. The van der Waals surface area contributed by atoms with E-state index in [1.807, 2.05) is 54.1 Å². The van der Waals surface area contributed by atoms with Crippen LogP contribution in [0.3, 0.4) is 0 Å². The maximum absolute atomic E-state index is 13.0. The molecule has 1 atom stereocenters. The first-order chi connectivity index (χ1) is 16.1. The maximum Gasteiger partial charge on any atom is 0.227 e. The molecule has 1 fully saturated rings. The zero-order valence-electron chi connectivity index (χ0n) is 17.8. The summed E-state index contributed by atoms with van der Waals surface area (Å²) in [4.78, 5) is 33.6. The summed E-state index contributed by atoms with van der Waals surface area (Å²) in [5.74, 6) is 0.123. The minimum Gasteiger partial charge on any atom is -0.312 e. The largest absolute Gasteiger partial charge is 0.312 e. The van der Waals surface area contributed by atoms with E-state index >= 15 is 0 Å². The van der Waals surface area contributed by atoms with Crippen LogP contribution in [-0.4, -0.2) is 38.7 Å². The van der Waals surface area contributed by atoms with Crippen LogP contribution in [0.25, 0.3) is 21.1 Å². The van der Waals surface area contributed by atoms with Crippen molar-refractivity contribution in [3.63, 3.8) is 0 Å². The maximum atomic E-state index is 13.0. The van der Waals surface area contributed by atoms with Gasteiger partial charge in [-0.25, -0.2) is 4.98 Å². The molecular formula is C24H20N4O2S3. The minimum atomic E-state index is -0.380. The first kappa shape index (κ1) is 21.9. The highest BCUT2D eigenvalue weighted by Crippen LogP contribution is 2.35. The van der Waals surface area contributed by atoms with E-state index in [0.717, 1.165) is 39.8 Å². The molecule has 0 saturated carbocycles. The number of carbonyl (C=O) groups excluding carboxylic acids is 2. The molecule has 3 aromatic heterocycles. The van der Waals surface area contributed by atoms with E-state index in [0.29, 0.717) is 17.1 Å². The lowest BCUT2D eigenvalue weighted by atomic mass is 10.1. The first-order valence-corrected chi connectivity index (χ1v) is 13.2. The molecule has 0 unspecified atom stereocenters. The average molecular weight is 493 g/mol. The van der Waals surface area contributed by atoms with Crippen molar-refractivity contribution in [3.05, 3.63) is 64.9 Å². The highest BCUT2D eigenvalue weighted by atomic mass is 32.2. The molecule has 1 aliphatic rings. The number of hydrogen-bond donors (Lipinski definition) is 0. The molecule has 6 nitrogen and oxygen atoms in total. The van der Waals surface area contributed by atoms with Gasteiger partial charge in [-0.3, -0.25) is 9.59 Å². The van der Waals surface area contributed by atoms with E-state index in [9.17, 15) is 9.59 Å². The van der Waals surface area contributed by atoms with E-state index in [1.54, 1.807) is 39.7 Å². The van der Waals surface area contributed by atoms with Gasteiger partial charge in [0.2, 0.25) is 11.1 Å². The average Bonchev–Trinajstić information content (AvgIpc) is 3.61. The molecule has 1 aliphatic heterocycles. The summed E-state index contributed by atoms with van der Waals surface area (Å²) in [6.45, 7) is 2.59. The van der Waals surface area contributed by atoms with E-state index < -0.39 is 0 Å². The molecule has 0 bridgehead atoms. The van der Waals surface area contributed by atoms with Gasteiger partial charge >= 0.3 is 0 Å². The van der Waals surface area contributed by atoms with Crippen molar-refractivity contribution >= 4 is 51.8 Å². The predicted octanol–water partition coefficient (Wildman–Crippen LogP) is 5.82. The normalized spacial score (nSPS) is 14.6. The van der Waals surface area contributed by atoms with E-state index in [2.05, 4.69) is 10.2 Å². The first-order valence-electron chi connectivity index (χ1n) is 10.5. The summed E-state index contributed by atoms with van der Waals surface area (Å²) in [6.07, 6.45) is 1.46. The number of rotatable bonds is 7. The number of nitrogens with zero attached hydrogens (tertiary/aromatic N) is 4. The number of thioether (sulfide) groups is 1. The van der Waals surface area contributed by atoms with Crippen LogP contribution in [0.4, 0.5) is 5.69 Å². The number of anilines is 1. The molecule has 1 aromatic carbocycles. The van der Waals surface area contributed by atoms with Gasteiger partial charge in [-0.05, 0) is 60.5 Å². The monoisotopic (exact) mass is 492 g/mol. The summed E-state index contributed by atoms with van der Waals surface area (Å²) in [7, 11) is 0. The van der Waals surface area contributed by atoms with E-state index in [4.69, 9.17) is 4.98 Å². The zero-order chi connectivity index (χ0) is 22.8. The Labute approximate surface area is 203 Å². The van der Waals surface area contributed by atoms with Crippen molar-refractivity contribution in [3.8, 4) is 21.1 Å². The Hall–Kier alpha value is -2.88. The fourth-order valence-electron chi connectivity index (χ4n) is 3.70. The molecule has 9 heteroatoms. The highest BCUT2D eigenvalue weighted by molar-refractivity contribution is 8.00. The van der Waals surface area contributed by atoms with Gasteiger partial charge in [0.15, 0.2) is 5.78 Å². The molecule has 4 heterocycles. The fraction of sp³-hybridized carbons (Fsp3) is 0.208. The number of aromatic nitrogens is 3. The molecule has 4 aromatic rings. The van der Waals surface area contributed by atoms with Crippen LogP contribution in [0, 0.1) is 0 Å². The van der Waals surface area contributed by atoms with E-state index in [-0.39, 0.29) is 16.9 Å². The van der Waals surface area contributed by atoms with Crippen molar-refractivity contribution in [2.75, 3.05) is 11.4 Å². The van der Waals surface area contributed by atoms with Gasteiger partial charge in [-0.1, -0.05) is 23.9 Å². The lowest BCUT2D eigenvalue weighted by Gasteiger charge is -2.16. The Bertz CT molecular complexity index is 1270. The Kier molecular flexibility index (Phi) is 6.34. The van der Waals surface area contributed by atoms with Crippen LogP contribution in [0.5, 0.6) is 0 Å². The number of carbonyl (C=O) groups is 2. The number of thiophene rings is 2. The van der Waals surface area contributed by atoms with Crippen LogP contribution in [-0.2, 0) is 4.79 Å². The fourth-order valence-corrected chi connectivity index (χ4v) is 5.91. The SMILES string of the molecule is C[C@H](Sc1nnc(-c2cccs2)c(-c2cccs2)n1)C(=O)c1ccc(N2CCCC2=O)cc1. The number of benzene rings is 1. The van der Waals surface area contributed by atoms with Crippen LogP contribution in [0.2, 0.25) is 0 Å². The Morgan fingerprint density at radius 3 is 2.30 bits per heavy atom. The quantitative estimate of drug-likeness (QED) is 0.239. The standard InChI is InChI=1S/C24H20N4O2S3/c1-15(23(30)16-8-10-17(11-9-16)28-12-2-7-20(28)29)33-24-25-21(18-5-3-13-31-18)22(26-27-24)19-6-4-14-32-19/h3-6,8-11,13-15H,2,7,12H2,1H3/t15-/m0/s1. The molecule has 166 valence electrons. The summed E-state index contributed by atoms with van der Waals surface area (Å²) < 4.78 is 0. The smallest absolute Gasteiger partial charge is 0.227 e. The number of Topliss-reactive ketones (excluding diaryl/α,β-unsaturated/α-hetero) is 1. The van der Waals surface area contributed by atoms with Gasteiger partial charge in [0.05, 0.1) is 15.0 Å². The molecule has 0 aliphatic carbocycles. The van der Waals surface area contributed by atoms with Crippen LogP contribution in [0.1, 0.15) is 30.1 Å². The van der Waals surface area contributed by atoms with Gasteiger partial charge in [0.25, 0.3) is 0 Å². The van der Waals surface area contributed by atoms with Gasteiger partial charge in [-0.15, -0.1) is 32.9 Å². The van der Waals surface area contributed by atoms with Crippen molar-refractivity contribution in [1.29, 1.82) is 0 Å². The third-order valence-electron chi connectivity index (χ3n) is 5.36. The predicted molar refractivity (Wildman–Crippen MR) is 134 cm³/mol. The van der Waals surface area contributed by atoms with Crippen molar-refractivity contribution in [2.45, 2.75) is 30.2 Å². The molecule has 33 heavy (non-hydrogen) atoms. The lowest BCUT2D eigenvalue weighted by molar-refractivity contribution is -0.117. The molecule has 0 N–H and O–H groups in total. The molecule has 0 radical (unpaired) electrons. The van der Waals surface area contributed by atoms with Crippen molar-refractivity contribution < 1.29 is 9.59 Å². The Morgan fingerprint density at radius 2 is 1.70 bits per heavy atom. The summed E-state index contributed by atoms with van der Waals surface area (Å²) in [5.41, 5.74) is 2.98. The second kappa shape index (κ2) is 9.54. The number of amides is 1. The third kappa shape index (κ3) is 4.62. The van der Waals surface area contributed by atoms with Crippen LogP contribution in [0.15, 0.2) is 64.4 Å². The molecule has 1 amide bonds. The van der Waals surface area contributed by atoms with Gasteiger partial charge in [0.1, 0.15) is 11.4 Å².